The number of hydrogen-bond acceptors (Lipinski definition) is 3. The van der Waals surface area contributed by atoms with Crippen molar-refractivity contribution >= 4 is 22.9 Å². The van der Waals surface area contributed by atoms with Gasteiger partial charge in [0.05, 0.1) is 0 Å². The standard InChI is InChI=1S/C14H16N2OS/c1-16(13-5-3-2-4-6-13)9-8-15-14(17)12-7-10-18-11-12/h2-7,10-11H,8-9H2,1H3,(H,15,17). The van der Waals surface area contributed by atoms with Crippen LogP contribution in [0, 0.1) is 0 Å². The number of rotatable bonds is 5. The van der Waals surface area contributed by atoms with E-state index < -0.39 is 0 Å². The number of amides is 1. The maximum atomic E-state index is 11.7. The van der Waals surface area contributed by atoms with E-state index in [0.29, 0.717) is 6.54 Å². The molecule has 0 unspecified atom stereocenters. The molecule has 1 N–H and O–H groups in total. The molecule has 0 fully saturated rings. The van der Waals surface area contributed by atoms with Gasteiger partial charge in [-0.2, -0.15) is 11.3 Å². The van der Waals surface area contributed by atoms with Crippen molar-refractivity contribution in [1.82, 2.24) is 5.32 Å². The largest absolute Gasteiger partial charge is 0.373 e. The summed E-state index contributed by atoms with van der Waals surface area (Å²) in [5.41, 5.74) is 1.89. The summed E-state index contributed by atoms with van der Waals surface area (Å²) in [7, 11) is 2.02. The zero-order valence-corrected chi connectivity index (χ0v) is 11.1. The lowest BCUT2D eigenvalue weighted by atomic mass is 10.3. The van der Waals surface area contributed by atoms with Crippen molar-refractivity contribution in [2.45, 2.75) is 0 Å². The zero-order chi connectivity index (χ0) is 12.8. The molecule has 4 heteroatoms. The van der Waals surface area contributed by atoms with E-state index in [4.69, 9.17) is 0 Å². The van der Waals surface area contributed by atoms with Gasteiger partial charge in [0.15, 0.2) is 0 Å². The Morgan fingerprint density at radius 3 is 2.72 bits per heavy atom. The van der Waals surface area contributed by atoms with Crippen LogP contribution in [0.15, 0.2) is 47.2 Å². The molecular weight excluding hydrogens is 244 g/mol. The molecule has 0 atom stereocenters. The number of nitrogens with one attached hydrogen (secondary N) is 1. The molecule has 18 heavy (non-hydrogen) atoms. The van der Waals surface area contributed by atoms with Gasteiger partial charge in [-0.3, -0.25) is 4.79 Å². The smallest absolute Gasteiger partial charge is 0.252 e. The highest BCUT2D eigenvalue weighted by Crippen LogP contribution is 2.10. The third-order valence-corrected chi connectivity index (χ3v) is 3.40. The fourth-order valence-corrected chi connectivity index (χ4v) is 2.28. The number of anilines is 1. The lowest BCUT2D eigenvalue weighted by Crippen LogP contribution is -2.32. The summed E-state index contributed by atoms with van der Waals surface area (Å²) in [5, 5.41) is 6.68. The Hall–Kier alpha value is -1.81. The number of carbonyl (C=O) groups excluding carboxylic acids is 1. The molecule has 1 heterocycles. The van der Waals surface area contributed by atoms with Crippen LogP contribution in [0.4, 0.5) is 5.69 Å². The summed E-state index contributed by atoms with van der Waals surface area (Å²) in [6.45, 7) is 1.43. The minimum Gasteiger partial charge on any atom is -0.373 e. The van der Waals surface area contributed by atoms with Crippen LogP contribution in [-0.4, -0.2) is 26.0 Å². The highest BCUT2D eigenvalue weighted by atomic mass is 32.1. The summed E-state index contributed by atoms with van der Waals surface area (Å²) in [5.74, 6) is -0.00212. The topological polar surface area (TPSA) is 32.3 Å². The molecule has 1 aromatic carbocycles. The SMILES string of the molecule is CN(CCNC(=O)c1ccsc1)c1ccccc1. The number of para-hydroxylation sites is 1. The molecule has 2 rings (SSSR count). The highest BCUT2D eigenvalue weighted by Gasteiger charge is 2.05. The van der Waals surface area contributed by atoms with Gasteiger partial charge < -0.3 is 10.2 Å². The number of likely N-dealkylation sites (N-methyl/N-ethyl adjacent to an activating group) is 1. The maximum absolute atomic E-state index is 11.7. The Morgan fingerprint density at radius 1 is 1.28 bits per heavy atom. The molecule has 0 aliphatic heterocycles. The average Bonchev–Trinajstić information content (AvgIpc) is 2.93. The van der Waals surface area contributed by atoms with Gasteiger partial charge in [0.2, 0.25) is 0 Å². The molecule has 94 valence electrons. The van der Waals surface area contributed by atoms with Crippen LogP contribution in [0.2, 0.25) is 0 Å². The van der Waals surface area contributed by atoms with Gasteiger partial charge in [-0.05, 0) is 23.6 Å². The molecule has 0 aliphatic rings. The quantitative estimate of drug-likeness (QED) is 0.896. The molecular formula is C14H16N2OS. The monoisotopic (exact) mass is 260 g/mol. The fraction of sp³-hybridized carbons (Fsp3) is 0.214. The minimum atomic E-state index is -0.00212. The minimum absolute atomic E-state index is 0.00212. The van der Waals surface area contributed by atoms with Crippen LogP contribution < -0.4 is 10.2 Å². The van der Waals surface area contributed by atoms with Gasteiger partial charge in [0.25, 0.3) is 5.91 Å². The summed E-state index contributed by atoms with van der Waals surface area (Å²) >= 11 is 1.53. The van der Waals surface area contributed by atoms with E-state index in [1.165, 1.54) is 11.3 Å². The maximum Gasteiger partial charge on any atom is 0.252 e. The molecule has 0 spiro atoms. The van der Waals surface area contributed by atoms with Crippen molar-refractivity contribution in [2.75, 3.05) is 25.0 Å². The number of benzene rings is 1. The van der Waals surface area contributed by atoms with Crippen molar-refractivity contribution in [3.05, 3.63) is 52.7 Å². The molecule has 0 bridgehead atoms. The Kier molecular flexibility index (Phi) is 4.36. The average molecular weight is 260 g/mol. The first-order valence-electron chi connectivity index (χ1n) is 5.84. The van der Waals surface area contributed by atoms with Crippen LogP contribution in [-0.2, 0) is 0 Å². The molecule has 0 saturated heterocycles. The van der Waals surface area contributed by atoms with Crippen molar-refractivity contribution in [3.63, 3.8) is 0 Å². The van der Waals surface area contributed by atoms with Crippen LogP contribution in [0.5, 0.6) is 0 Å². The van der Waals surface area contributed by atoms with Gasteiger partial charge >= 0.3 is 0 Å². The van der Waals surface area contributed by atoms with E-state index in [1.807, 2.05) is 42.1 Å². The normalized spacial score (nSPS) is 10.1. The Morgan fingerprint density at radius 2 is 2.06 bits per heavy atom. The van der Waals surface area contributed by atoms with E-state index in [0.717, 1.165) is 17.8 Å². The van der Waals surface area contributed by atoms with Crippen LogP contribution in [0.25, 0.3) is 0 Å². The third kappa shape index (κ3) is 3.34. The van der Waals surface area contributed by atoms with Crippen molar-refractivity contribution in [3.8, 4) is 0 Å². The molecule has 0 aliphatic carbocycles. The number of thiophene rings is 1. The first-order chi connectivity index (χ1) is 8.77. The molecule has 2 aromatic rings. The Labute approximate surface area is 111 Å². The van der Waals surface area contributed by atoms with Crippen LogP contribution >= 0.6 is 11.3 Å². The van der Waals surface area contributed by atoms with E-state index in [2.05, 4.69) is 22.3 Å². The first-order valence-corrected chi connectivity index (χ1v) is 6.78. The highest BCUT2D eigenvalue weighted by molar-refractivity contribution is 7.08. The van der Waals surface area contributed by atoms with E-state index in [9.17, 15) is 4.79 Å². The number of hydrogen-bond donors (Lipinski definition) is 1. The van der Waals surface area contributed by atoms with Crippen molar-refractivity contribution < 1.29 is 4.79 Å². The Bertz CT molecular complexity index is 482. The van der Waals surface area contributed by atoms with E-state index in [1.54, 1.807) is 0 Å². The summed E-state index contributed by atoms with van der Waals surface area (Å²) in [6.07, 6.45) is 0. The predicted molar refractivity (Wildman–Crippen MR) is 76.4 cm³/mol. The van der Waals surface area contributed by atoms with Gasteiger partial charge in [-0.15, -0.1) is 0 Å². The third-order valence-electron chi connectivity index (χ3n) is 2.71. The second kappa shape index (κ2) is 6.21. The lowest BCUT2D eigenvalue weighted by Gasteiger charge is -2.19. The second-order valence-electron chi connectivity index (χ2n) is 4.03. The van der Waals surface area contributed by atoms with Gasteiger partial charge in [0.1, 0.15) is 0 Å². The lowest BCUT2D eigenvalue weighted by molar-refractivity contribution is 0.0955. The summed E-state index contributed by atoms with van der Waals surface area (Å²) in [4.78, 5) is 13.8. The molecule has 1 aromatic heterocycles. The van der Waals surface area contributed by atoms with Crippen LogP contribution in [0.3, 0.4) is 0 Å². The van der Waals surface area contributed by atoms with Gasteiger partial charge in [-0.25, -0.2) is 0 Å². The summed E-state index contributed by atoms with van der Waals surface area (Å²) < 4.78 is 0. The second-order valence-corrected chi connectivity index (χ2v) is 4.81. The molecule has 0 radical (unpaired) electrons. The molecule has 0 saturated carbocycles. The summed E-state index contributed by atoms with van der Waals surface area (Å²) in [6, 6.07) is 12.0. The van der Waals surface area contributed by atoms with Crippen molar-refractivity contribution in [2.24, 2.45) is 0 Å². The van der Waals surface area contributed by atoms with Gasteiger partial charge in [0, 0.05) is 36.8 Å². The molecule has 1 amide bonds. The number of nitrogens with zero attached hydrogens (tertiary/aromatic N) is 1. The number of carbonyl (C=O) groups is 1. The van der Waals surface area contributed by atoms with E-state index >= 15 is 0 Å². The van der Waals surface area contributed by atoms with Gasteiger partial charge in [-0.1, -0.05) is 18.2 Å². The molecule has 3 nitrogen and oxygen atoms in total. The van der Waals surface area contributed by atoms with E-state index in [-0.39, 0.29) is 5.91 Å². The first kappa shape index (κ1) is 12.6. The Balaban J connectivity index is 1.77. The zero-order valence-electron chi connectivity index (χ0n) is 10.3. The van der Waals surface area contributed by atoms with Crippen molar-refractivity contribution in [1.29, 1.82) is 0 Å². The fourth-order valence-electron chi connectivity index (χ4n) is 1.64. The predicted octanol–water partition coefficient (Wildman–Crippen LogP) is 2.61. The van der Waals surface area contributed by atoms with Crippen LogP contribution in [0.1, 0.15) is 10.4 Å².